The van der Waals surface area contributed by atoms with Crippen LogP contribution in [0.1, 0.15) is 6.42 Å². The van der Waals surface area contributed by atoms with E-state index in [2.05, 4.69) is 0 Å². The van der Waals surface area contributed by atoms with Crippen molar-refractivity contribution in [1.82, 2.24) is 4.90 Å². The zero-order valence-electron chi connectivity index (χ0n) is 7.17. The summed E-state index contributed by atoms with van der Waals surface area (Å²) in [6, 6.07) is -0.623. The van der Waals surface area contributed by atoms with Gasteiger partial charge in [0.15, 0.2) is 0 Å². The van der Waals surface area contributed by atoms with Crippen molar-refractivity contribution >= 4 is 12.6 Å². The lowest BCUT2D eigenvalue weighted by Gasteiger charge is -2.25. The van der Waals surface area contributed by atoms with Crippen LogP contribution in [0.3, 0.4) is 0 Å². The summed E-state index contributed by atoms with van der Waals surface area (Å²) in [6.45, 7) is 0.683. The molecule has 1 aliphatic heterocycles. The molecule has 1 fully saturated rings. The van der Waals surface area contributed by atoms with Gasteiger partial charge in [0.1, 0.15) is 18.7 Å². The predicted molar refractivity (Wildman–Crippen MR) is 44.1 cm³/mol. The van der Waals surface area contributed by atoms with Crippen LogP contribution < -0.4 is 0 Å². The van der Waals surface area contributed by atoms with Gasteiger partial charge in [-0.05, 0) is 6.42 Å². The summed E-state index contributed by atoms with van der Waals surface area (Å²) in [5, 5.41) is 18.7. The minimum absolute atomic E-state index is 0.145. The Morgan fingerprint density at radius 1 is 1.54 bits per heavy atom. The Kier molecular flexibility index (Phi) is 3.53. The van der Waals surface area contributed by atoms with Crippen LogP contribution >= 0.6 is 0 Å². The van der Waals surface area contributed by atoms with E-state index < -0.39 is 18.2 Å². The van der Waals surface area contributed by atoms with Crippen LogP contribution in [0.2, 0.25) is 0 Å². The van der Waals surface area contributed by atoms with Crippen LogP contribution in [0.25, 0.3) is 0 Å². The lowest BCUT2D eigenvalue weighted by Crippen LogP contribution is -2.46. The van der Waals surface area contributed by atoms with Gasteiger partial charge in [0, 0.05) is 6.54 Å². The largest absolute Gasteiger partial charge is 0.391 e. The minimum atomic E-state index is -1.21. The highest BCUT2D eigenvalue weighted by atomic mass is 16.3. The molecule has 74 valence electrons. The summed E-state index contributed by atoms with van der Waals surface area (Å²) in [4.78, 5) is 22.1. The fraction of sp³-hybridized carbons (Fsp3) is 0.750. The molecule has 0 aromatic heterocycles. The molecule has 13 heavy (non-hydrogen) atoms. The van der Waals surface area contributed by atoms with E-state index in [0.29, 0.717) is 25.5 Å². The summed E-state index contributed by atoms with van der Waals surface area (Å²) < 4.78 is 0. The van der Waals surface area contributed by atoms with Crippen LogP contribution in [0.4, 0.5) is 0 Å². The SMILES string of the molecule is O=CCN1CC[C@H](O)[C@@H]1[C@@H](O)C=O. The molecule has 0 aromatic carbocycles. The summed E-state index contributed by atoms with van der Waals surface area (Å²) in [5.41, 5.74) is 0. The molecule has 0 aromatic rings. The van der Waals surface area contributed by atoms with Gasteiger partial charge in [0.05, 0.1) is 18.7 Å². The first-order valence-electron chi connectivity index (χ1n) is 4.19. The van der Waals surface area contributed by atoms with Gasteiger partial charge in [-0.1, -0.05) is 0 Å². The highest BCUT2D eigenvalue weighted by Gasteiger charge is 2.37. The van der Waals surface area contributed by atoms with Crippen LogP contribution in [0.15, 0.2) is 0 Å². The molecule has 0 spiro atoms. The first kappa shape index (κ1) is 10.3. The van der Waals surface area contributed by atoms with Crippen molar-refractivity contribution in [2.24, 2.45) is 0 Å². The van der Waals surface area contributed by atoms with E-state index in [4.69, 9.17) is 0 Å². The minimum Gasteiger partial charge on any atom is -0.391 e. The lowest BCUT2D eigenvalue weighted by atomic mass is 10.1. The number of hydrogen-bond acceptors (Lipinski definition) is 5. The second kappa shape index (κ2) is 4.45. The van der Waals surface area contributed by atoms with Gasteiger partial charge >= 0.3 is 0 Å². The Morgan fingerprint density at radius 3 is 2.77 bits per heavy atom. The van der Waals surface area contributed by atoms with Gasteiger partial charge in [0.2, 0.25) is 0 Å². The number of nitrogens with zero attached hydrogens (tertiary/aromatic N) is 1. The second-order valence-corrected chi connectivity index (χ2v) is 3.13. The summed E-state index contributed by atoms with van der Waals surface area (Å²) in [5.74, 6) is 0. The van der Waals surface area contributed by atoms with Gasteiger partial charge in [0.25, 0.3) is 0 Å². The molecule has 1 saturated heterocycles. The Balaban J connectivity index is 2.64. The molecule has 0 unspecified atom stereocenters. The van der Waals surface area contributed by atoms with E-state index in [0.717, 1.165) is 0 Å². The summed E-state index contributed by atoms with van der Waals surface area (Å²) in [7, 11) is 0. The Morgan fingerprint density at radius 2 is 2.23 bits per heavy atom. The number of aliphatic hydroxyl groups excluding tert-OH is 2. The smallest absolute Gasteiger partial charge is 0.150 e. The topological polar surface area (TPSA) is 77.8 Å². The van der Waals surface area contributed by atoms with Crippen LogP contribution in [0.5, 0.6) is 0 Å². The average Bonchev–Trinajstić information content (AvgIpc) is 2.47. The third kappa shape index (κ3) is 2.12. The van der Waals surface area contributed by atoms with Gasteiger partial charge < -0.3 is 19.8 Å². The molecule has 3 atom stereocenters. The molecule has 0 radical (unpaired) electrons. The van der Waals surface area contributed by atoms with E-state index in [1.54, 1.807) is 4.90 Å². The number of aldehydes is 2. The number of hydrogen-bond donors (Lipinski definition) is 2. The van der Waals surface area contributed by atoms with Crippen molar-refractivity contribution in [2.75, 3.05) is 13.1 Å². The first-order chi connectivity index (χ1) is 6.20. The van der Waals surface area contributed by atoms with Crippen molar-refractivity contribution in [3.05, 3.63) is 0 Å². The maximum atomic E-state index is 10.3. The second-order valence-electron chi connectivity index (χ2n) is 3.13. The third-order valence-electron chi connectivity index (χ3n) is 2.33. The van der Waals surface area contributed by atoms with Gasteiger partial charge in [-0.25, -0.2) is 0 Å². The Labute approximate surface area is 76.0 Å². The quantitative estimate of drug-likeness (QED) is 0.507. The van der Waals surface area contributed by atoms with Crippen molar-refractivity contribution in [1.29, 1.82) is 0 Å². The molecular formula is C8H13NO4. The highest BCUT2D eigenvalue weighted by Crippen LogP contribution is 2.19. The molecule has 0 amide bonds. The third-order valence-corrected chi connectivity index (χ3v) is 2.33. The van der Waals surface area contributed by atoms with Gasteiger partial charge in [-0.15, -0.1) is 0 Å². The number of carbonyl (C=O) groups is 2. The van der Waals surface area contributed by atoms with Crippen LogP contribution in [-0.4, -0.2) is 59.0 Å². The van der Waals surface area contributed by atoms with Crippen molar-refractivity contribution in [3.63, 3.8) is 0 Å². The zero-order chi connectivity index (χ0) is 9.84. The van der Waals surface area contributed by atoms with Crippen molar-refractivity contribution < 1.29 is 19.8 Å². The standard InChI is InChI=1S/C8H13NO4/c10-4-3-9-2-1-6(12)8(9)7(13)5-11/h4-8,12-13H,1-3H2/t6-,7-,8+/m0/s1. The normalized spacial score (nSPS) is 31.5. The number of carbonyl (C=O) groups excluding carboxylic acids is 2. The van der Waals surface area contributed by atoms with Gasteiger partial charge in [-0.2, -0.15) is 0 Å². The maximum Gasteiger partial charge on any atom is 0.150 e. The fourth-order valence-corrected chi connectivity index (χ4v) is 1.69. The molecular weight excluding hydrogens is 174 g/mol. The van der Waals surface area contributed by atoms with E-state index in [1.165, 1.54) is 0 Å². The molecule has 2 N–H and O–H groups in total. The molecule has 5 nitrogen and oxygen atoms in total. The van der Waals surface area contributed by atoms with E-state index in [1.807, 2.05) is 0 Å². The van der Waals surface area contributed by atoms with Crippen LogP contribution in [0, 0.1) is 0 Å². The summed E-state index contributed by atoms with van der Waals surface area (Å²) >= 11 is 0. The number of likely N-dealkylation sites (tertiary alicyclic amines) is 1. The average molecular weight is 187 g/mol. The molecule has 1 heterocycles. The first-order valence-corrected chi connectivity index (χ1v) is 4.19. The molecule has 1 aliphatic rings. The van der Waals surface area contributed by atoms with Crippen molar-refractivity contribution in [2.45, 2.75) is 24.7 Å². The van der Waals surface area contributed by atoms with Crippen LogP contribution in [-0.2, 0) is 9.59 Å². The molecule has 5 heteroatoms. The summed E-state index contributed by atoms with van der Waals surface area (Å²) in [6.07, 6.45) is -0.360. The predicted octanol–water partition coefficient (Wildman–Crippen LogP) is -1.82. The Bertz CT molecular complexity index is 197. The number of rotatable bonds is 4. The zero-order valence-corrected chi connectivity index (χ0v) is 7.17. The van der Waals surface area contributed by atoms with Crippen molar-refractivity contribution in [3.8, 4) is 0 Å². The fourth-order valence-electron chi connectivity index (χ4n) is 1.69. The molecule has 0 saturated carbocycles. The lowest BCUT2D eigenvalue weighted by molar-refractivity contribution is -0.121. The van der Waals surface area contributed by atoms with E-state index in [9.17, 15) is 19.8 Å². The van der Waals surface area contributed by atoms with Gasteiger partial charge in [-0.3, -0.25) is 4.90 Å². The molecule has 0 aliphatic carbocycles. The van der Waals surface area contributed by atoms with E-state index >= 15 is 0 Å². The monoisotopic (exact) mass is 187 g/mol. The molecule has 1 rings (SSSR count). The number of aliphatic hydroxyl groups is 2. The highest BCUT2D eigenvalue weighted by molar-refractivity contribution is 5.58. The van der Waals surface area contributed by atoms with E-state index in [-0.39, 0.29) is 6.54 Å². The molecule has 0 bridgehead atoms. The maximum absolute atomic E-state index is 10.3. The Hall–Kier alpha value is -0.780.